The van der Waals surface area contributed by atoms with Crippen molar-refractivity contribution in [2.24, 2.45) is 4.99 Å². The van der Waals surface area contributed by atoms with Crippen LogP contribution in [0.3, 0.4) is 0 Å². The van der Waals surface area contributed by atoms with Gasteiger partial charge in [-0.25, -0.2) is 4.99 Å². The number of carbonyl (C=O) groups excluding carboxylic acids is 5. The molecule has 3 aromatic carbocycles. The minimum absolute atomic E-state index is 0.0420. The van der Waals surface area contributed by atoms with Gasteiger partial charge in [0.2, 0.25) is 18.0 Å². The highest BCUT2D eigenvalue weighted by molar-refractivity contribution is 6.21. The second kappa shape index (κ2) is 12.6. The summed E-state index contributed by atoms with van der Waals surface area (Å²) in [5.74, 6) is -1.91. The highest BCUT2D eigenvalue weighted by Crippen LogP contribution is 2.28. The number of Topliss-reactive ketones (excluding diaryl/α,β-unsaturated/α-hetero) is 1. The maximum Gasteiger partial charge on any atom is 0.272 e. The number of para-hydroxylation sites is 1. The first kappa shape index (κ1) is 27.1. The number of benzodiazepines with no additional fused rings is 1. The Balaban J connectivity index is 1.69. The Labute approximate surface area is 225 Å². The van der Waals surface area contributed by atoms with Crippen molar-refractivity contribution >= 4 is 41.2 Å². The van der Waals surface area contributed by atoms with E-state index in [2.05, 4.69) is 15.6 Å². The second-order valence-electron chi connectivity index (χ2n) is 9.13. The van der Waals surface area contributed by atoms with Gasteiger partial charge in [0.1, 0.15) is 18.6 Å². The fourth-order valence-corrected chi connectivity index (χ4v) is 4.34. The van der Waals surface area contributed by atoms with Crippen molar-refractivity contribution in [3.05, 3.63) is 102 Å². The van der Waals surface area contributed by atoms with Crippen molar-refractivity contribution < 1.29 is 24.0 Å². The average Bonchev–Trinajstić information content (AvgIpc) is 3.04. The molecule has 0 radical (unpaired) electrons. The molecule has 0 fully saturated rings. The Hall–Kier alpha value is -4.92. The molecule has 0 aliphatic carbocycles. The number of nitrogens with one attached hydrogen (secondary N) is 2. The number of ketones is 1. The number of amides is 3. The van der Waals surface area contributed by atoms with Crippen LogP contribution in [-0.2, 0) is 30.4 Å². The van der Waals surface area contributed by atoms with Gasteiger partial charge in [0, 0.05) is 17.5 Å². The largest absolute Gasteiger partial charge is 0.345 e. The van der Waals surface area contributed by atoms with Crippen molar-refractivity contribution in [2.75, 3.05) is 11.4 Å². The molecule has 3 amide bonds. The number of carbonyl (C=O) groups is 5. The van der Waals surface area contributed by atoms with Gasteiger partial charge >= 0.3 is 0 Å². The van der Waals surface area contributed by atoms with Gasteiger partial charge < -0.3 is 15.4 Å². The number of aldehydes is 1. The third-order valence-corrected chi connectivity index (χ3v) is 6.08. The lowest BCUT2D eigenvalue weighted by Gasteiger charge is -2.25. The van der Waals surface area contributed by atoms with Crippen LogP contribution in [0.25, 0.3) is 0 Å². The van der Waals surface area contributed by atoms with Crippen LogP contribution in [-0.4, -0.2) is 54.3 Å². The number of benzene rings is 3. The molecule has 4 rings (SSSR count). The molecule has 0 spiro atoms. The molecule has 1 aliphatic heterocycles. The third kappa shape index (κ3) is 6.89. The summed E-state index contributed by atoms with van der Waals surface area (Å²) in [6.07, 6.45) is -0.934. The molecule has 198 valence electrons. The zero-order chi connectivity index (χ0) is 27.8. The molecule has 9 heteroatoms. The first-order valence-corrected chi connectivity index (χ1v) is 12.5. The molecule has 0 aromatic heterocycles. The van der Waals surface area contributed by atoms with Crippen LogP contribution in [0.5, 0.6) is 0 Å². The molecule has 3 aromatic rings. The van der Waals surface area contributed by atoms with Gasteiger partial charge in [0.15, 0.2) is 0 Å². The Morgan fingerprint density at radius 3 is 2.23 bits per heavy atom. The summed E-state index contributed by atoms with van der Waals surface area (Å²) in [4.78, 5) is 68.5. The quantitative estimate of drug-likeness (QED) is 0.394. The Morgan fingerprint density at radius 2 is 1.56 bits per heavy atom. The zero-order valence-electron chi connectivity index (χ0n) is 21.4. The lowest BCUT2D eigenvalue weighted by Crippen LogP contribution is -2.51. The lowest BCUT2D eigenvalue weighted by molar-refractivity contribution is -0.128. The molecule has 1 unspecified atom stereocenters. The molecule has 1 aliphatic rings. The van der Waals surface area contributed by atoms with Gasteiger partial charge in [0.05, 0.1) is 23.9 Å². The van der Waals surface area contributed by atoms with Crippen LogP contribution in [0.2, 0.25) is 0 Å². The Bertz CT molecular complexity index is 1410. The fraction of sp³-hybridized carbons (Fsp3) is 0.200. The topological polar surface area (TPSA) is 125 Å². The summed E-state index contributed by atoms with van der Waals surface area (Å²) in [6, 6.07) is 24.4. The minimum atomic E-state index is -1.31. The maximum atomic E-state index is 13.8. The van der Waals surface area contributed by atoms with E-state index in [1.807, 2.05) is 60.7 Å². The highest BCUT2D eigenvalue weighted by atomic mass is 16.2. The zero-order valence-corrected chi connectivity index (χ0v) is 21.4. The van der Waals surface area contributed by atoms with Gasteiger partial charge in [-0.3, -0.25) is 24.1 Å². The molecule has 0 bridgehead atoms. The minimum Gasteiger partial charge on any atom is -0.345 e. The van der Waals surface area contributed by atoms with E-state index < -0.39 is 36.5 Å². The van der Waals surface area contributed by atoms with Crippen LogP contribution in [0.15, 0.2) is 89.9 Å². The van der Waals surface area contributed by atoms with Gasteiger partial charge in [-0.2, -0.15) is 0 Å². The normalized spacial score (nSPS) is 15.3. The third-order valence-electron chi connectivity index (χ3n) is 6.08. The predicted octanol–water partition coefficient (Wildman–Crippen LogP) is 2.22. The summed E-state index contributed by atoms with van der Waals surface area (Å²) >= 11 is 0. The van der Waals surface area contributed by atoms with Crippen molar-refractivity contribution in [1.82, 2.24) is 10.6 Å². The number of rotatable bonds is 10. The molecule has 2 N–H and O–H groups in total. The molecule has 0 saturated heterocycles. The average molecular weight is 525 g/mol. The van der Waals surface area contributed by atoms with E-state index in [1.165, 1.54) is 11.8 Å². The van der Waals surface area contributed by atoms with Crippen LogP contribution in [0.4, 0.5) is 5.69 Å². The number of fused-ring (bicyclic) bond motifs is 1. The number of nitrogens with zero attached hydrogens (tertiary/aromatic N) is 2. The summed E-state index contributed by atoms with van der Waals surface area (Å²) in [7, 11) is 0. The van der Waals surface area contributed by atoms with Crippen LogP contribution < -0.4 is 15.5 Å². The molecule has 1 heterocycles. The highest BCUT2D eigenvalue weighted by Gasteiger charge is 2.34. The van der Waals surface area contributed by atoms with Crippen LogP contribution >= 0.6 is 0 Å². The smallest absolute Gasteiger partial charge is 0.272 e. The van der Waals surface area contributed by atoms with Crippen molar-refractivity contribution in [1.29, 1.82) is 0 Å². The molecule has 9 nitrogen and oxygen atoms in total. The fourth-order valence-electron chi connectivity index (χ4n) is 4.34. The van der Waals surface area contributed by atoms with E-state index in [1.54, 1.807) is 24.3 Å². The van der Waals surface area contributed by atoms with E-state index in [9.17, 15) is 24.0 Å². The summed E-state index contributed by atoms with van der Waals surface area (Å²) in [5.41, 5.74) is 3.01. The molecular weight excluding hydrogens is 496 g/mol. The lowest BCUT2D eigenvalue weighted by atomic mass is 10.0. The van der Waals surface area contributed by atoms with Crippen molar-refractivity contribution in [3.8, 4) is 0 Å². The van der Waals surface area contributed by atoms with E-state index >= 15 is 0 Å². The number of aliphatic imine (C=N–C) groups is 1. The van der Waals surface area contributed by atoms with Crippen molar-refractivity contribution in [3.63, 3.8) is 0 Å². The van der Waals surface area contributed by atoms with Gasteiger partial charge in [-0.1, -0.05) is 78.9 Å². The van der Waals surface area contributed by atoms with E-state index in [4.69, 9.17) is 0 Å². The standard InChI is InChI=1S/C30H28N4O5/c1-20(36)16-23(19-35)31-27(38)18-34-25-15-9-8-14-24(25)28(22-12-6-3-7-13-22)33-29(30(34)39)32-26(37)17-21-10-4-2-5-11-21/h2-15,19,23,29H,16-18H2,1H3,(H,31,38)(H,32,37)/t23-,29?/m0/s1. The van der Waals surface area contributed by atoms with Crippen LogP contribution in [0.1, 0.15) is 30.0 Å². The molecule has 39 heavy (non-hydrogen) atoms. The van der Waals surface area contributed by atoms with Crippen molar-refractivity contribution in [2.45, 2.75) is 32.0 Å². The Kier molecular flexibility index (Phi) is 8.73. The summed E-state index contributed by atoms with van der Waals surface area (Å²) < 4.78 is 0. The SMILES string of the molecule is CC(=O)C[C@@H](C=O)NC(=O)CN1C(=O)C(NC(=O)Cc2ccccc2)N=C(c2ccccc2)c2ccccc21. The molecular formula is C30H28N4O5. The Morgan fingerprint density at radius 1 is 0.923 bits per heavy atom. The van der Waals surface area contributed by atoms with Crippen LogP contribution in [0, 0.1) is 0 Å². The summed E-state index contributed by atoms with van der Waals surface area (Å²) in [5, 5.41) is 5.22. The van der Waals surface area contributed by atoms with E-state index in [-0.39, 0.29) is 18.6 Å². The monoisotopic (exact) mass is 524 g/mol. The first-order valence-electron chi connectivity index (χ1n) is 12.5. The van der Waals surface area contributed by atoms with E-state index in [0.29, 0.717) is 23.2 Å². The number of hydrogen-bond donors (Lipinski definition) is 2. The number of hydrogen-bond acceptors (Lipinski definition) is 6. The summed E-state index contributed by atoms with van der Waals surface area (Å²) in [6.45, 7) is 0.878. The first-order chi connectivity index (χ1) is 18.9. The van der Waals surface area contributed by atoms with Gasteiger partial charge in [-0.05, 0) is 18.6 Å². The molecule has 2 atom stereocenters. The maximum absolute atomic E-state index is 13.8. The second-order valence-corrected chi connectivity index (χ2v) is 9.13. The molecule has 0 saturated carbocycles. The van der Waals surface area contributed by atoms with Gasteiger partial charge in [0.25, 0.3) is 5.91 Å². The number of anilines is 1. The van der Waals surface area contributed by atoms with E-state index in [0.717, 1.165) is 11.1 Å². The van der Waals surface area contributed by atoms with Gasteiger partial charge in [-0.15, -0.1) is 0 Å². The predicted molar refractivity (Wildman–Crippen MR) is 146 cm³/mol.